The number of hydrogen-bond acceptors (Lipinski definition) is 5. The van der Waals surface area contributed by atoms with Crippen LogP contribution < -0.4 is 5.32 Å². The van der Waals surface area contributed by atoms with E-state index < -0.39 is 30.5 Å². The first-order valence-corrected chi connectivity index (χ1v) is 14.7. The van der Waals surface area contributed by atoms with E-state index in [1.54, 1.807) is 54.3 Å². The molecule has 43 heavy (non-hydrogen) atoms. The van der Waals surface area contributed by atoms with E-state index >= 15 is 0 Å². The number of anilines is 1. The van der Waals surface area contributed by atoms with E-state index in [4.69, 9.17) is 5.10 Å². The lowest BCUT2D eigenvalue weighted by Crippen LogP contribution is -2.47. The first-order valence-electron chi connectivity index (χ1n) is 14.7. The summed E-state index contributed by atoms with van der Waals surface area (Å²) in [5.41, 5.74) is 2.59. The summed E-state index contributed by atoms with van der Waals surface area (Å²) in [6.07, 6.45) is 0.614. The average Bonchev–Trinajstić information content (AvgIpc) is 3.20. The van der Waals surface area contributed by atoms with Gasteiger partial charge in [0, 0.05) is 48.1 Å². The standard InChI is InChI=1S/C33H34F3N5O2/c1-20-17-23(31(42)39-26-10-6-16-37-21(26)2)11-12-24(20)25-13-14-32(43,33(34,35)36)18-28-29(25)30(27-9-3-4-15-38-27)40-41(28)19-22-7-5-8-22/h3-4,6,9-12,15-17,22,25,43H,5,7-8,13-14,18-19H2,1-2H3,(H,39,42)/t25-,32-/m0/s1. The van der Waals surface area contributed by atoms with Crippen molar-refractivity contribution in [1.29, 1.82) is 0 Å². The van der Waals surface area contributed by atoms with Crippen molar-refractivity contribution in [2.45, 2.75) is 76.6 Å². The highest BCUT2D eigenvalue weighted by Crippen LogP contribution is 2.48. The summed E-state index contributed by atoms with van der Waals surface area (Å²) in [7, 11) is 0. The number of pyridine rings is 2. The van der Waals surface area contributed by atoms with Crippen LogP contribution in [-0.2, 0) is 13.0 Å². The van der Waals surface area contributed by atoms with Gasteiger partial charge < -0.3 is 10.4 Å². The SMILES string of the molecule is Cc1cc(C(=O)Nc2cccnc2C)ccc1[C@@H]1CC[C@@](O)(C(F)(F)F)Cc2c1c(-c1ccccn1)nn2CC1CCC1. The normalized spacial score (nSPS) is 20.7. The predicted molar refractivity (Wildman–Crippen MR) is 157 cm³/mol. The Kier molecular flexibility index (Phi) is 7.58. The molecule has 1 amide bonds. The second-order valence-electron chi connectivity index (χ2n) is 11.9. The van der Waals surface area contributed by atoms with Gasteiger partial charge in [-0.05, 0) is 93.0 Å². The quantitative estimate of drug-likeness (QED) is 0.242. The van der Waals surface area contributed by atoms with E-state index in [-0.39, 0.29) is 12.3 Å². The van der Waals surface area contributed by atoms with Crippen molar-refractivity contribution in [1.82, 2.24) is 19.7 Å². The van der Waals surface area contributed by atoms with Gasteiger partial charge in [-0.2, -0.15) is 18.3 Å². The molecule has 6 rings (SSSR count). The van der Waals surface area contributed by atoms with Crippen molar-refractivity contribution in [3.63, 3.8) is 0 Å². The van der Waals surface area contributed by atoms with Crippen LogP contribution in [0, 0.1) is 19.8 Å². The lowest BCUT2D eigenvalue weighted by atomic mass is 9.83. The van der Waals surface area contributed by atoms with Crippen LogP contribution in [0.2, 0.25) is 0 Å². The van der Waals surface area contributed by atoms with Crippen LogP contribution in [-0.4, -0.2) is 42.5 Å². The van der Waals surface area contributed by atoms with Gasteiger partial charge in [0.15, 0.2) is 5.60 Å². The molecule has 2 atom stereocenters. The highest BCUT2D eigenvalue weighted by atomic mass is 19.4. The molecule has 1 fully saturated rings. The van der Waals surface area contributed by atoms with Gasteiger partial charge in [-0.15, -0.1) is 0 Å². The largest absolute Gasteiger partial charge is 0.417 e. The Hall–Kier alpha value is -4.05. The van der Waals surface area contributed by atoms with Crippen molar-refractivity contribution in [2.75, 3.05) is 5.32 Å². The van der Waals surface area contributed by atoms with Gasteiger partial charge in [0.05, 0.1) is 17.1 Å². The third-order valence-electron chi connectivity index (χ3n) is 9.01. The third kappa shape index (κ3) is 5.56. The second kappa shape index (κ2) is 11.2. The minimum atomic E-state index is -4.81. The molecule has 7 nitrogen and oxygen atoms in total. The first kappa shape index (κ1) is 29.0. The molecule has 0 unspecified atom stereocenters. The Morgan fingerprint density at radius 2 is 1.86 bits per heavy atom. The summed E-state index contributed by atoms with van der Waals surface area (Å²) in [6.45, 7) is 4.17. The topological polar surface area (TPSA) is 92.9 Å². The zero-order chi connectivity index (χ0) is 30.4. The Balaban J connectivity index is 1.45. The number of alkyl halides is 3. The Morgan fingerprint density at radius 3 is 2.51 bits per heavy atom. The molecule has 2 N–H and O–H groups in total. The van der Waals surface area contributed by atoms with Crippen LogP contribution in [0.4, 0.5) is 18.9 Å². The molecule has 0 bridgehead atoms. The summed E-state index contributed by atoms with van der Waals surface area (Å²) < 4.78 is 45.0. The van der Waals surface area contributed by atoms with Gasteiger partial charge in [0.2, 0.25) is 0 Å². The highest BCUT2D eigenvalue weighted by Gasteiger charge is 2.56. The summed E-state index contributed by atoms with van der Waals surface area (Å²) in [4.78, 5) is 21.8. The third-order valence-corrected chi connectivity index (χ3v) is 9.01. The van der Waals surface area contributed by atoms with Gasteiger partial charge in [-0.3, -0.25) is 19.4 Å². The van der Waals surface area contributed by atoms with Crippen molar-refractivity contribution in [3.05, 3.63) is 94.6 Å². The summed E-state index contributed by atoms with van der Waals surface area (Å²) >= 11 is 0. The number of aryl methyl sites for hydroxylation is 2. The van der Waals surface area contributed by atoms with Crippen LogP contribution in [0.15, 0.2) is 60.9 Å². The van der Waals surface area contributed by atoms with E-state index in [1.165, 1.54) is 0 Å². The number of amides is 1. The number of carbonyl (C=O) groups is 1. The maximum atomic E-state index is 14.4. The number of aromatic nitrogens is 4. The number of carbonyl (C=O) groups excluding carboxylic acids is 1. The molecule has 1 saturated carbocycles. The number of benzene rings is 1. The van der Waals surface area contributed by atoms with E-state index in [9.17, 15) is 23.1 Å². The molecule has 2 aliphatic rings. The molecule has 4 aromatic rings. The zero-order valence-corrected chi connectivity index (χ0v) is 24.2. The highest BCUT2D eigenvalue weighted by molar-refractivity contribution is 6.04. The molecule has 0 radical (unpaired) electrons. The van der Waals surface area contributed by atoms with E-state index in [0.717, 1.165) is 30.4 Å². The molecular weight excluding hydrogens is 555 g/mol. The molecule has 0 saturated heterocycles. The zero-order valence-electron chi connectivity index (χ0n) is 24.2. The van der Waals surface area contributed by atoms with Crippen molar-refractivity contribution in [2.24, 2.45) is 5.92 Å². The molecule has 224 valence electrons. The molecule has 2 aliphatic carbocycles. The molecular formula is C33H34F3N5O2. The summed E-state index contributed by atoms with van der Waals surface area (Å²) in [5.74, 6) is -0.457. The fourth-order valence-electron chi connectivity index (χ4n) is 6.29. The minimum Gasteiger partial charge on any atom is -0.380 e. The van der Waals surface area contributed by atoms with Gasteiger partial charge in [0.1, 0.15) is 5.69 Å². The molecule has 3 aromatic heterocycles. The number of aliphatic hydroxyl groups is 1. The molecule has 3 heterocycles. The fraction of sp³-hybridized carbons (Fsp3) is 0.394. The molecule has 0 spiro atoms. The summed E-state index contributed by atoms with van der Waals surface area (Å²) in [6, 6.07) is 14.2. The van der Waals surface area contributed by atoms with Gasteiger partial charge >= 0.3 is 6.18 Å². The molecule has 10 heteroatoms. The lowest BCUT2D eigenvalue weighted by Gasteiger charge is -2.30. The van der Waals surface area contributed by atoms with Crippen molar-refractivity contribution < 1.29 is 23.1 Å². The van der Waals surface area contributed by atoms with Crippen LogP contribution in [0.5, 0.6) is 0 Å². The van der Waals surface area contributed by atoms with Crippen molar-refractivity contribution >= 4 is 11.6 Å². The summed E-state index contributed by atoms with van der Waals surface area (Å²) in [5, 5.41) is 18.9. The maximum absolute atomic E-state index is 14.4. The Morgan fingerprint density at radius 1 is 1.07 bits per heavy atom. The second-order valence-corrected chi connectivity index (χ2v) is 11.9. The average molecular weight is 590 g/mol. The number of hydrogen-bond donors (Lipinski definition) is 2. The molecule has 0 aliphatic heterocycles. The Bertz CT molecular complexity index is 1650. The number of rotatable bonds is 6. The van der Waals surface area contributed by atoms with Crippen LogP contribution in [0.3, 0.4) is 0 Å². The van der Waals surface area contributed by atoms with E-state index in [2.05, 4.69) is 15.3 Å². The van der Waals surface area contributed by atoms with Crippen LogP contribution in [0.1, 0.15) is 76.5 Å². The molecule has 1 aromatic carbocycles. The van der Waals surface area contributed by atoms with E-state index in [0.29, 0.717) is 52.1 Å². The predicted octanol–water partition coefficient (Wildman–Crippen LogP) is 6.77. The van der Waals surface area contributed by atoms with Gasteiger partial charge in [-0.25, -0.2) is 0 Å². The fourth-order valence-corrected chi connectivity index (χ4v) is 6.29. The number of halogens is 3. The number of fused-ring (bicyclic) bond motifs is 1. The minimum absolute atomic E-state index is 0.0548. The first-order chi connectivity index (χ1) is 20.5. The van der Waals surface area contributed by atoms with Crippen molar-refractivity contribution in [3.8, 4) is 11.4 Å². The number of nitrogens with zero attached hydrogens (tertiary/aromatic N) is 4. The smallest absolute Gasteiger partial charge is 0.380 e. The van der Waals surface area contributed by atoms with E-state index in [1.807, 2.05) is 25.1 Å². The monoisotopic (exact) mass is 589 g/mol. The lowest BCUT2D eigenvalue weighted by molar-refractivity contribution is -0.262. The maximum Gasteiger partial charge on any atom is 0.417 e. The van der Waals surface area contributed by atoms with Crippen LogP contribution >= 0.6 is 0 Å². The van der Waals surface area contributed by atoms with Gasteiger partial charge in [0.25, 0.3) is 5.91 Å². The Labute approximate surface area is 248 Å². The van der Waals surface area contributed by atoms with Crippen LogP contribution in [0.25, 0.3) is 11.4 Å². The van der Waals surface area contributed by atoms with Gasteiger partial charge in [-0.1, -0.05) is 18.6 Å². The number of nitrogens with one attached hydrogen (secondary N) is 1.